The zero-order valence-electron chi connectivity index (χ0n) is 13.3. The summed E-state index contributed by atoms with van der Waals surface area (Å²) in [7, 11) is 0. The molecule has 2 bridgehead atoms. The molecule has 1 aromatic rings. The largest absolute Gasteiger partial charge is 0.354 e. The van der Waals surface area contributed by atoms with Gasteiger partial charge in [0.25, 0.3) is 0 Å². The zero-order valence-corrected chi connectivity index (χ0v) is 13.3. The molecule has 1 amide bonds. The monoisotopic (exact) mass is 310 g/mol. The number of pyridine rings is 1. The first-order valence-electron chi connectivity index (χ1n) is 8.66. The van der Waals surface area contributed by atoms with Crippen LogP contribution < -0.4 is 4.90 Å². The Kier molecular flexibility index (Phi) is 3.68. The van der Waals surface area contributed by atoms with Crippen molar-refractivity contribution in [2.75, 3.05) is 24.5 Å². The molecule has 0 N–H and O–H groups in total. The molecule has 23 heavy (non-hydrogen) atoms. The first kappa shape index (κ1) is 14.5. The molecule has 1 aromatic heterocycles. The van der Waals surface area contributed by atoms with E-state index in [1.807, 2.05) is 6.07 Å². The van der Waals surface area contributed by atoms with E-state index in [2.05, 4.69) is 20.9 Å². The summed E-state index contributed by atoms with van der Waals surface area (Å²) in [6, 6.07) is 6.04. The molecule has 0 unspecified atom stereocenters. The lowest BCUT2D eigenvalue weighted by molar-refractivity contribution is -0.141. The number of aromatic nitrogens is 1. The molecule has 5 heteroatoms. The summed E-state index contributed by atoms with van der Waals surface area (Å²) in [6.45, 7) is 2.52. The SMILES string of the molecule is N#Cc1ccnc(N2C[C@H]3CC[C@@H](C2)N(CC2CCC2)C3=O)c1. The van der Waals surface area contributed by atoms with Crippen molar-refractivity contribution in [3.05, 3.63) is 23.9 Å². The van der Waals surface area contributed by atoms with Gasteiger partial charge in [0.1, 0.15) is 5.82 Å². The number of anilines is 1. The number of nitriles is 1. The van der Waals surface area contributed by atoms with Crippen molar-refractivity contribution in [1.82, 2.24) is 9.88 Å². The number of hydrogen-bond acceptors (Lipinski definition) is 4. The Balaban J connectivity index is 1.56. The Morgan fingerprint density at radius 3 is 2.87 bits per heavy atom. The van der Waals surface area contributed by atoms with Gasteiger partial charge in [-0.25, -0.2) is 4.98 Å². The molecule has 0 aromatic carbocycles. The Morgan fingerprint density at radius 2 is 2.13 bits per heavy atom. The number of carbonyl (C=O) groups excluding carboxylic acids is 1. The molecule has 4 heterocycles. The number of amides is 1. The third-order valence-electron chi connectivity index (χ3n) is 5.67. The van der Waals surface area contributed by atoms with Crippen LogP contribution in [0.2, 0.25) is 0 Å². The molecular formula is C18H22N4O. The molecule has 5 nitrogen and oxygen atoms in total. The van der Waals surface area contributed by atoms with Gasteiger partial charge >= 0.3 is 0 Å². The molecule has 120 valence electrons. The molecule has 3 aliphatic heterocycles. The fraction of sp³-hybridized carbons (Fsp3) is 0.611. The second-order valence-corrected chi connectivity index (χ2v) is 7.14. The van der Waals surface area contributed by atoms with E-state index in [1.54, 1.807) is 12.3 Å². The maximum Gasteiger partial charge on any atom is 0.227 e. The Hall–Kier alpha value is -2.09. The first-order chi connectivity index (χ1) is 11.2. The maximum absolute atomic E-state index is 12.8. The van der Waals surface area contributed by atoms with Gasteiger partial charge in [0, 0.05) is 31.9 Å². The predicted octanol–water partition coefficient (Wildman–Crippen LogP) is 2.18. The first-order valence-corrected chi connectivity index (χ1v) is 8.66. The highest BCUT2D eigenvalue weighted by molar-refractivity contribution is 5.81. The van der Waals surface area contributed by atoms with Gasteiger partial charge in [0.2, 0.25) is 5.91 Å². The number of carbonyl (C=O) groups is 1. The molecule has 4 fully saturated rings. The Morgan fingerprint density at radius 1 is 1.26 bits per heavy atom. The van der Waals surface area contributed by atoms with Crippen molar-refractivity contribution in [2.24, 2.45) is 11.8 Å². The molecule has 1 aliphatic carbocycles. The number of piperidine rings is 1. The smallest absolute Gasteiger partial charge is 0.227 e. The third kappa shape index (κ3) is 2.67. The van der Waals surface area contributed by atoms with Gasteiger partial charge in [-0.2, -0.15) is 5.26 Å². The van der Waals surface area contributed by atoms with Gasteiger partial charge in [-0.15, -0.1) is 0 Å². The Labute approximate surface area is 136 Å². The number of rotatable bonds is 3. The van der Waals surface area contributed by atoms with E-state index >= 15 is 0 Å². The molecule has 2 atom stereocenters. The van der Waals surface area contributed by atoms with Crippen LogP contribution in [0.5, 0.6) is 0 Å². The highest BCUT2D eigenvalue weighted by Gasteiger charge is 2.42. The van der Waals surface area contributed by atoms with Crippen LogP contribution in [0.3, 0.4) is 0 Å². The lowest BCUT2D eigenvalue weighted by Gasteiger charge is -2.40. The summed E-state index contributed by atoms with van der Waals surface area (Å²) >= 11 is 0. The summed E-state index contributed by atoms with van der Waals surface area (Å²) in [5.41, 5.74) is 0.629. The summed E-state index contributed by atoms with van der Waals surface area (Å²) in [5, 5.41) is 9.09. The minimum Gasteiger partial charge on any atom is -0.354 e. The Bertz CT molecular complexity index is 649. The summed E-state index contributed by atoms with van der Waals surface area (Å²) < 4.78 is 0. The van der Waals surface area contributed by atoms with Crippen molar-refractivity contribution in [3.8, 4) is 6.07 Å². The van der Waals surface area contributed by atoms with Crippen molar-refractivity contribution in [1.29, 1.82) is 5.26 Å². The van der Waals surface area contributed by atoms with Crippen molar-refractivity contribution < 1.29 is 4.79 Å². The standard InChI is InChI=1S/C18H22N4O/c19-9-14-6-7-20-17(8-14)21-11-15-4-5-16(12-21)22(18(15)23)10-13-2-1-3-13/h6-8,13,15-16H,1-5,10-12H2/t15-,16+/m1/s1. The van der Waals surface area contributed by atoms with Gasteiger partial charge in [-0.05, 0) is 43.7 Å². The average Bonchev–Trinajstić information content (AvgIpc) is 2.83. The lowest BCUT2D eigenvalue weighted by Crippen LogP contribution is -2.50. The van der Waals surface area contributed by atoms with Gasteiger partial charge in [-0.3, -0.25) is 4.79 Å². The van der Waals surface area contributed by atoms with E-state index in [0.717, 1.165) is 38.3 Å². The molecular weight excluding hydrogens is 288 g/mol. The third-order valence-corrected chi connectivity index (χ3v) is 5.67. The van der Waals surface area contributed by atoms with Crippen LogP contribution in [0, 0.1) is 23.2 Å². The van der Waals surface area contributed by atoms with Crippen molar-refractivity contribution in [2.45, 2.75) is 38.1 Å². The van der Waals surface area contributed by atoms with E-state index in [-0.39, 0.29) is 5.92 Å². The fourth-order valence-electron chi connectivity index (χ4n) is 4.08. The van der Waals surface area contributed by atoms with Crippen molar-refractivity contribution in [3.63, 3.8) is 0 Å². The second-order valence-electron chi connectivity index (χ2n) is 7.14. The van der Waals surface area contributed by atoms with Gasteiger partial charge in [0.15, 0.2) is 0 Å². The normalized spacial score (nSPS) is 27.5. The van der Waals surface area contributed by atoms with Crippen LogP contribution in [0.1, 0.15) is 37.7 Å². The van der Waals surface area contributed by atoms with Crippen molar-refractivity contribution >= 4 is 11.7 Å². The summed E-state index contributed by atoms with van der Waals surface area (Å²) in [6.07, 6.45) is 7.64. The number of nitrogens with zero attached hydrogens (tertiary/aromatic N) is 4. The van der Waals surface area contributed by atoms with Crippen LogP contribution in [-0.2, 0) is 4.79 Å². The minimum atomic E-state index is 0.0846. The number of hydrogen-bond donors (Lipinski definition) is 0. The van der Waals surface area contributed by atoms with Crippen LogP contribution in [0.15, 0.2) is 18.3 Å². The topological polar surface area (TPSA) is 60.2 Å². The average molecular weight is 310 g/mol. The fourth-order valence-corrected chi connectivity index (χ4v) is 4.08. The van der Waals surface area contributed by atoms with E-state index in [9.17, 15) is 4.79 Å². The summed E-state index contributed by atoms with van der Waals surface area (Å²) in [5.74, 6) is 1.97. The van der Waals surface area contributed by atoms with Gasteiger partial charge in [-0.1, -0.05) is 6.42 Å². The second kappa shape index (κ2) is 5.84. The van der Waals surface area contributed by atoms with Crippen LogP contribution >= 0.6 is 0 Å². The minimum absolute atomic E-state index is 0.0846. The molecule has 4 aliphatic rings. The predicted molar refractivity (Wildman–Crippen MR) is 86.7 cm³/mol. The zero-order chi connectivity index (χ0) is 15.8. The van der Waals surface area contributed by atoms with Crippen LogP contribution in [0.4, 0.5) is 5.82 Å². The highest BCUT2D eigenvalue weighted by Crippen LogP contribution is 2.34. The van der Waals surface area contributed by atoms with E-state index < -0.39 is 0 Å². The van der Waals surface area contributed by atoms with E-state index in [1.165, 1.54) is 19.3 Å². The molecule has 1 saturated carbocycles. The number of fused-ring (bicyclic) bond motifs is 4. The van der Waals surface area contributed by atoms with E-state index in [4.69, 9.17) is 5.26 Å². The molecule has 5 rings (SSSR count). The molecule has 3 saturated heterocycles. The lowest BCUT2D eigenvalue weighted by atomic mass is 9.83. The highest BCUT2D eigenvalue weighted by atomic mass is 16.2. The molecule has 0 spiro atoms. The van der Waals surface area contributed by atoms with Gasteiger partial charge < -0.3 is 9.80 Å². The van der Waals surface area contributed by atoms with Crippen LogP contribution in [-0.4, -0.2) is 41.5 Å². The van der Waals surface area contributed by atoms with E-state index in [0.29, 0.717) is 23.4 Å². The molecule has 0 radical (unpaired) electrons. The van der Waals surface area contributed by atoms with Crippen LogP contribution in [0.25, 0.3) is 0 Å². The summed E-state index contributed by atoms with van der Waals surface area (Å²) in [4.78, 5) is 21.6. The quantitative estimate of drug-likeness (QED) is 0.858. The van der Waals surface area contributed by atoms with Gasteiger partial charge in [0.05, 0.1) is 17.6 Å². The maximum atomic E-state index is 12.8.